The molecule has 3 heteroatoms. The van der Waals surface area contributed by atoms with Crippen LogP contribution in [0.15, 0.2) is 5.38 Å². The van der Waals surface area contributed by atoms with Crippen LogP contribution in [0.25, 0.3) is 0 Å². The van der Waals surface area contributed by atoms with Crippen LogP contribution in [0.3, 0.4) is 0 Å². The average Bonchev–Trinajstić information content (AvgIpc) is 2.76. The molecule has 2 unspecified atom stereocenters. The van der Waals surface area contributed by atoms with Gasteiger partial charge in [-0.2, -0.15) is 0 Å². The summed E-state index contributed by atoms with van der Waals surface area (Å²) in [5, 5.41) is 3.47. The molecule has 1 saturated carbocycles. The molecule has 1 aromatic rings. The van der Waals surface area contributed by atoms with Gasteiger partial charge in [-0.15, -0.1) is 11.3 Å². The Hall–Kier alpha value is -0.410. The minimum Gasteiger partial charge on any atom is -0.327 e. The molecule has 0 aliphatic heterocycles. The van der Waals surface area contributed by atoms with Gasteiger partial charge in [-0.25, -0.2) is 4.98 Å². The lowest BCUT2D eigenvalue weighted by atomic mass is 9.93. The summed E-state index contributed by atoms with van der Waals surface area (Å²) >= 11 is 1.80. The largest absolute Gasteiger partial charge is 0.327 e. The van der Waals surface area contributed by atoms with Gasteiger partial charge in [0.15, 0.2) is 0 Å². The van der Waals surface area contributed by atoms with Gasteiger partial charge in [0.2, 0.25) is 0 Å². The van der Waals surface area contributed by atoms with Crippen LogP contribution in [0.4, 0.5) is 0 Å². The first-order chi connectivity index (χ1) is 7.47. The standard InChI is InChI=1S/C13H22N2S/c1-13(2,3)11-8-16-12(15-11)7-9-5-4-6-10(9)14/h8-10H,4-7,14H2,1-3H3. The lowest BCUT2D eigenvalue weighted by Crippen LogP contribution is -2.25. The number of thiazole rings is 1. The van der Waals surface area contributed by atoms with E-state index in [1.807, 2.05) is 0 Å². The molecular formula is C13H22N2S. The minimum absolute atomic E-state index is 0.173. The summed E-state index contributed by atoms with van der Waals surface area (Å²) in [5.74, 6) is 0.666. The molecule has 2 nitrogen and oxygen atoms in total. The van der Waals surface area contributed by atoms with Crippen LogP contribution in [0.2, 0.25) is 0 Å². The normalized spacial score (nSPS) is 26.2. The number of nitrogens with zero attached hydrogens (tertiary/aromatic N) is 1. The van der Waals surface area contributed by atoms with E-state index in [4.69, 9.17) is 10.7 Å². The maximum atomic E-state index is 6.10. The Morgan fingerprint density at radius 3 is 2.69 bits per heavy atom. The summed E-state index contributed by atoms with van der Waals surface area (Å²) in [6, 6.07) is 0.405. The molecule has 0 bridgehead atoms. The van der Waals surface area contributed by atoms with E-state index in [1.54, 1.807) is 11.3 Å². The van der Waals surface area contributed by atoms with E-state index < -0.39 is 0 Å². The highest BCUT2D eigenvalue weighted by Gasteiger charge is 2.25. The van der Waals surface area contributed by atoms with Gasteiger partial charge in [0.25, 0.3) is 0 Å². The van der Waals surface area contributed by atoms with Crippen LogP contribution in [0.1, 0.15) is 50.7 Å². The van der Waals surface area contributed by atoms with Gasteiger partial charge in [0.05, 0.1) is 10.7 Å². The van der Waals surface area contributed by atoms with Crippen LogP contribution in [-0.4, -0.2) is 11.0 Å². The highest BCUT2D eigenvalue weighted by atomic mass is 32.1. The van der Waals surface area contributed by atoms with Crippen molar-refractivity contribution < 1.29 is 0 Å². The third-order valence-electron chi connectivity index (χ3n) is 3.47. The second-order valence-corrected chi connectivity index (χ2v) is 6.88. The number of rotatable bonds is 2. The second-order valence-electron chi connectivity index (χ2n) is 5.94. The zero-order valence-electron chi connectivity index (χ0n) is 10.5. The molecule has 1 aliphatic carbocycles. The van der Waals surface area contributed by atoms with Gasteiger partial charge < -0.3 is 5.73 Å². The Bertz CT molecular complexity index is 351. The van der Waals surface area contributed by atoms with E-state index in [9.17, 15) is 0 Å². The van der Waals surface area contributed by atoms with E-state index >= 15 is 0 Å². The van der Waals surface area contributed by atoms with E-state index in [-0.39, 0.29) is 5.41 Å². The van der Waals surface area contributed by atoms with Gasteiger partial charge in [-0.1, -0.05) is 27.2 Å². The van der Waals surface area contributed by atoms with E-state index in [2.05, 4.69) is 26.2 Å². The Morgan fingerprint density at radius 2 is 2.19 bits per heavy atom. The number of nitrogens with two attached hydrogens (primary N) is 1. The van der Waals surface area contributed by atoms with Crippen molar-refractivity contribution in [1.82, 2.24) is 4.98 Å². The zero-order valence-corrected chi connectivity index (χ0v) is 11.3. The molecule has 0 saturated heterocycles. The number of hydrogen-bond acceptors (Lipinski definition) is 3. The lowest BCUT2D eigenvalue weighted by Gasteiger charge is -2.15. The first-order valence-corrected chi connectivity index (χ1v) is 7.05. The molecule has 0 aromatic carbocycles. The second kappa shape index (κ2) is 4.46. The van der Waals surface area contributed by atoms with Crippen molar-refractivity contribution in [3.63, 3.8) is 0 Å². The zero-order chi connectivity index (χ0) is 11.8. The Labute approximate surface area is 102 Å². The van der Waals surface area contributed by atoms with Crippen LogP contribution < -0.4 is 5.73 Å². The average molecular weight is 238 g/mol. The first kappa shape index (κ1) is 12.1. The van der Waals surface area contributed by atoms with Crippen molar-refractivity contribution in [2.24, 2.45) is 11.7 Å². The van der Waals surface area contributed by atoms with Gasteiger partial charge in [-0.3, -0.25) is 0 Å². The smallest absolute Gasteiger partial charge is 0.0931 e. The van der Waals surface area contributed by atoms with Crippen LogP contribution in [-0.2, 0) is 11.8 Å². The van der Waals surface area contributed by atoms with Crippen molar-refractivity contribution in [1.29, 1.82) is 0 Å². The third kappa shape index (κ3) is 2.64. The van der Waals surface area contributed by atoms with E-state index in [0.29, 0.717) is 12.0 Å². The summed E-state index contributed by atoms with van der Waals surface area (Å²) in [6.07, 6.45) is 4.86. The fraction of sp³-hybridized carbons (Fsp3) is 0.769. The summed E-state index contributed by atoms with van der Waals surface area (Å²) in [7, 11) is 0. The molecule has 0 radical (unpaired) electrons. The van der Waals surface area contributed by atoms with E-state index in [1.165, 1.54) is 30.0 Å². The Balaban J connectivity index is 2.03. The molecule has 1 fully saturated rings. The highest BCUT2D eigenvalue weighted by Crippen LogP contribution is 2.30. The fourth-order valence-corrected chi connectivity index (χ4v) is 3.41. The molecule has 90 valence electrons. The quantitative estimate of drug-likeness (QED) is 0.860. The van der Waals surface area contributed by atoms with Crippen molar-refractivity contribution in [3.8, 4) is 0 Å². The van der Waals surface area contributed by atoms with Gasteiger partial charge in [0.1, 0.15) is 0 Å². The topological polar surface area (TPSA) is 38.9 Å². The summed E-state index contributed by atoms with van der Waals surface area (Å²) in [6.45, 7) is 6.65. The Kier molecular flexibility index (Phi) is 3.36. The van der Waals surface area contributed by atoms with Crippen molar-refractivity contribution >= 4 is 11.3 Å². The first-order valence-electron chi connectivity index (χ1n) is 6.17. The number of hydrogen-bond donors (Lipinski definition) is 1. The fourth-order valence-electron chi connectivity index (χ4n) is 2.29. The predicted molar refractivity (Wildman–Crippen MR) is 69.8 cm³/mol. The van der Waals surface area contributed by atoms with Gasteiger partial charge >= 0.3 is 0 Å². The summed E-state index contributed by atoms with van der Waals surface area (Å²) in [4.78, 5) is 4.74. The maximum absolute atomic E-state index is 6.10. The molecule has 2 atom stereocenters. The van der Waals surface area contributed by atoms with Crippen LogP contribution in [0.5, 0.6) is 0 Å². The predicted octanol–water partition coefficient (Wildman–Crippen LogP) is 3.11. The lowest BCUT2D eigenvalue weighted by molar-refractivity contribution is 0.475. The maximum Gasteiger partial charge on any atom is 0.0931 e. The van der Waals surface area contributed by atoms with Crippen molar-refractivity contribution in [2.75, 3.05) is 0 Å². The monoisotopic (exact) mass is 238 g/mol. The molecule has 2 N–H and O–H groups in total. The third-order valence-corrected chi connectivity index (χ3v) is 4.35. The highest BCUT2D eigenvalue weighted by molar-refractivity contribution is 7.09. The molecular weight excluding hydrogens is 216 g/mol. The molecule has 0 amide bonds. The number of aromatic nitrogens is 1. The Morgan fingerprint density at radius 1 is 1.44 bits per heavy atom. The SMILES string of the molecule is CC(C)(C)c1csc(CC2CCCC2N)n1. The van der Waals surface area contributed by atoms with Crippen LogP contribution in [0, 0.1) is 5.92 Å². The summed E-state index contributed by atoms with van der Waals surface area (Å²) in [5.41, 5.74) is 7.49. The van der Waals surface area contributed by atoms with E-state index in [0.717, 1.165) is 6.42 Å². The summed E-state index contributed by atoms with van der Waals surface area (Å²) < 4.78 is 0. The van der Waals surface area contributed by atoms with Gasteiger partial charge in [-0.05, 0) is 18.8 Å². The van der Waals surface area contributed by atoms with Gasteiger partial charge in [0, 0.05) is 23.3 Å². The molecule has 1 heterocycles. The van der Waals surface area contributed by atoms with Crippen molar-refractivity contribution in [2.45, 2.75) is 57.9 Å². The molecule has 2 rings (SSSR count). The van der Waals surface area contributed by atoms with Crippen molar-refractivity contribution in [3.05, 3.63) is 16.1 Å². The molecule has 1 aromatic heterocycles. The van der Waals surface area contributed by atoms with Crippen LogP contribution >= 0.6 is 11.3 Å². The molecule has 16 heavy (non-hydrogen) atoms. The molecule has 1 aliphatic rings. The molecule has 0 spiro atoms. The minimum atomic E-state index is 0.173.